The summed E-state index contributed by atoms with van der Waals surface area (Å²) in [4.78, 5) is 31.0. The van der Waals surface area contributed by atoms with Crippen molar-refractivity contribution in [3.63, 3.8) is 0 Å². The van der Waals surface area contributed by atoms with Gasteiger partial charge in [-0.1, -0.05) is 12.1 Å². The van der Waals surface area contributed by atoms with Crippen LogP contribution in [0.25, 0.3) is 5.69 Å². The maximum Gasteiger partial charge on any atom is 0.335 e. The molecule has 8 nitrogen and oxygen atoms in total. The summed E-state index contributed by atoms with van der Waals surface area (Å²) in [5.74, 6) is -0.463. The van der Waals surface area contributed by atoms with Gasteiger partial charge in [-0.3, -0.25) is 19.9 Å². The predicted octanol–water partition coefficient (Wildman–Crippen LogP) is 1.94. The number of benzene rings is 1. The maximum absolute atomic E-state index is 12.3. The van der Waals surface area contributed by atoms with Crippen molar-refractivity contribution in [2.45, 2.75) is 27.7 Å². The van der Waals surface area contributed by atoms with Crippen LogP contribution in [-0.2, 0) is 0 Å². The van der Waals surface area contributed by atoms with E-state index >= 15 is 0 Å². The van der Waals surface area contributed by atoms with Gasteiger partial charge in [0.25, 0.3) is 5.56 Å². The molecule has 1 aromatic carbocycles. The molecule has 0 aliphatic heterocycles. The Morgan fingerprint density at radius 3 is 2.58 bits per heavy atom. The summed E-state index contributed by atoms with van der Waals surface area (Å²) in [5, 5.41) is 17.4. The van der Waals surface area contributed by atoms with Gasteiger partial charge in [0.1, 0.15) is 11.3 Å². The molecule has 3 aromatic rings. The number of aromatic hydroxyl groups is 1. The molecule has 3 rings (SSSR count). The monoisotopic (exact) mass is 353 g/mol. The summed E-state index contributed by atoms with van der Waals surface area (Å²) in [6.45, 7) is 7.32. The Morgan fingerprint density at radius 1 is 1.19 bits per heavy atom. The molecular formula is C18H19N5O3. The van der Waals surface area contributed by atoms with E-state index in [0.29, 0.717) is 17.1 Å². The van der Waals surface area contributed by atoms with E-state index < -0.39 is 17.1 Å². The first-order valence-corrected chi connectivity index (χ1v) is 8.01. The van der Waals surface area contributed by atoms with Crippen LogP contribution in [0.2, 0.25) is 0 Å². The highest BCUT2D eigenvalue weighted by Crippen LogP contribution is 2.23. The Labute approximate surface area is 148 Å². The van der Waals surface area contributed by atoms with E-state index in [2.05, 4.69) is 20.2 Å². The summed E-state index contributed by atoms with van der Waals surface area (Å²) in [7, 11) is 0. The largest absolute Gasteiger partial charge is 0.493 e. The summed E-state index contributed by atoms with van der Waals surface area (Å²) in [6.07, 6.45) is 1.24. The van der Waals surface area contributed by atoms with Crippen molar-refractivity contribution in [2.75, 3.05) is 0 Å². The van der Waals surface area contributed by atoms with Crippen molar-refractivity contribution >= 4 is 11.9 Å². The third-order valence-corrected chi connectivity index (χ3v) is 4.35. The zero-order valence-electron chi connectivity index (χ0n) is 14.9. The van der Waals surface area contributed by atoms with Gasteiger partial charge >= 0.3 is 5.69 Å². The molecule has 0 atom stereocenters. The van der Waals surface area contributed by atoms with Crippen LogP contribution in [0.4, 0.5) is 5.69 Å². The standard InChI is InChI=1S/C18H19N5O3/c1-9-6-5-7-14(10(9)2)23-17(25)13(16(24)20-18(23)26)8-19-15-11(3)21-22-12(15)4/h5-8,25H,1-4H3,(H,21,22)(H,20,24,26). The number of rotatable bonds is 3. The van der Waals surface area contributed by atoms with Crippen LogP contribution in [-0.4, -0.2) is 31.1 Å². The molecule has 134 valence electrons. The quantitative estimate of drug-likeness (QED) is 0.624. The number of H-pyrrole nitrogens is 2. The van der Waals surface area contributed by atoms with Gasteiger partial charge in [0.15, 0.2) is 0 Å². The molecule has 2 aromatic heterocycles. The number of nitrogens with zero attached hydrogens (tertiary/aromatic N) is 3. The highest BCUT2D eigenvalue weighted by atomic mass is 16.3. The van der Waals surface area contributed by atoms with Crippen molar-refractivity contribution in [1.82, 2.24) is 19.7 Å². The second-order valence-electron chi connectivity index (χ2n) is 6.09. The van der Waals surface area contributed by atoms with Gasteiger partial charge in [-0.15, -0.1) is 0 Å². The van der Waals surface area contributed by atoms with Gasteiger partial charge in [0.05, 0.1) is 17.1 Å². The molecule has 0 unspecified atom stereocenters. The fourth-order valence-electron chi connectivity index (χ4n) is 2.72. The minimum absolute atomic E-state index is 0.106. The fourth-order valence-corrected chi connectivity index (χ4v) is 2.72. The van der Waals surface area contributed by atoms with Crippen LogP contribution < -0.4 is 11.2 Å². The van der Waals surface area contributed by atoms with Gasteiger partial charge in [-0.05, 0) is 44.9 Å². The number of hydrogen-bond acceptors (Lipinski definition) is 5. The van der Waals surface area contributed by atoms with Crippen molar-refractivity contribution in [1.29, 1.82) is 0 Å². The van der Waals surface area contributed by atoms with Crippen molar-refractivity contribution in [3.05, 3.63) is 67.1 Å². The van der Waals surface area contributed by atoms with E-state index in [1.165, 1.54) is 6.21 Å². The summed E-state index contributed by atoms with van der Waals surface area (Å²) in [5.41, 5.74) is 2.72. The average molecular weight is 353 g/mol. The van der Waals surface area contributed by atoms with E-state index in [1.807, 2.05) is 19.9 Å². The van der Waals surface area contributed by atoms with Crippen LogP contribution in [0.3, 0.4) is 0 Å². The smallest absolute Gasteiger partial charge is 0.335 e. The molecule has 2 heterocycles. The molecule has 0 saturated heterocycles. The molecule has 0 radical (unpaired) electrons. The lowest BCUT2D eigenvalue weighted by atomic mass is 10.1. The molecule has 3 N–H and O–H groups in total. The number of aromatic amines is 2. The highest BCUT2D eigenvalue weighted by molar-refractivity contribution is 5.84. The first-order chi connectivity index (χ1) is 12.3. The molecule has 0 aliphatic carbocycles. The molecule has 0 amide bonds. The average Bonchev–Trinajstić information content (AvgIpc) is 2.90. The Balaban J connectivity index is 2.21. The number of aryl methyl sites for hydroxylation is 3. The van der Waals surface area contributed by atoms with Crippen LogP contribution in [0, 0.1) is 27.7 Å². The second-order valence-corrected chi connectivity index (χ2v) is 6.09. The first-order valence-electron chi connectivity index (χ1n) is 8.01. The molecule has 0 bridgehead atoms. The highest BCUT2D eigenvalue weighted by Gasteiger charge is 2.16. The Hall–Kier alpha value is -3.42. The number of aromatic nitrogens is 4. The van der Waals surface area contributed by atoms with Gasteiger partial charge in [0.2, 0.25) is 5.88 Å². The van der Waals surface area contributed by atoms with Gasteiger partial charge in [0, 0.05) is 6.21 Å². The van der Waals surface area contributed by atoms with Crippen LogP contribution in [0.15, 0.2) is 32.8 Å². The zero-order valence-corrected chi connectivity index (χ0v) is 14.9. The topological polar surface area (TPSA) is 116 Å². The predicted molar refractivity (Wildman–Crippen MR) is 99.1 cm³/mol. The summed E-state index contributed by atoms with van der Waals surface area (Å²) >= 11 is 0. The molecule has 0 aliphatic rings. The number of aliphatic imine (C=N–C) groups is 1. The maximum atomic E-state index is 12.3. The minimum atomic E-state index is -0.714. The first kappa shape index (κ1) is 17.4. The van der Waals surface area contributed by atoms with Gasteiger partial charge in [-0.2, -0.15) is 5.10 Å². The lowest BCUT2D eigenvalue weighted by Gasteiger charge is -2.13. The van der Waals surface area contributed by atoms with Crippen LogP contribution in [0.5, 0.6) is 5.88 Å². The Morgan fingerprint density at radius 2 is 1.92 bits per heavy atom. The lowest BCUT2D eigenvalue weighted by Crippen LogP contribution is -2.31. The number of hydrogen-bond donors (Lipinski definition) is 3. The van der Waals surface area contributed by atoms with Crippen molar-refractivity contribution in [3.8, 4) is 11.6 Å². The molecule has 8 heteroatoms. The Kier molecular flexibility index (Phi) is 4.33. The molecule has 0 spiro atoms. The van der Waals surface area contributed by atoms with Crippen molar-refractivity contribution in [2.24, 2.45) is 4.99 Å². The van der Waals surface area contributed by atoms with E-state index in [1.54, 1.807) is 26.0 Å². The molecule has 26 heavy (non-hydrogen) atoms. The van der Waals surface area contributed by atoms with E-state index in [4.69, 9.17) is 0 Å². The minimum Gasteiger partial charge on any atom is -0.493 e. The lowest BCUT2D eigenvalue weighted by molar-refractivity contribution is 0.430. The summed E-state index contributed by atoms with van der Waals surface area (Å²) in [6, 6.07) is 5.38. The van der Waals surface area contributed by atoms with Gasteiger partial charge in [-0.25, -0.2) is 9.36 Å². The number of nitrogens with one attached hydrogen (secondary N) is 2. The Bertz CT molecular complexity index is 1120. The van der Waals surface area contributed by atoms with Crippen LogP contribution >= 0.6 is 0 Å². The molecular weight excluding hydrogens is 334 g/mol. The van der Waals surface area contributed by atoms with Gasteiger partial charge < -0.3 is 5.11 Å². The molecule has 0 fully saturated rings. The normalized spacial score (nSPS) is 11.4. The third-order valence-electron chi connectivity index (χ3n) is 4.35. The van der Waals surface area contributed by atoms with Crippen LogP contribution in [0.1, 0.15) is 28.1 Å². The SMILES string of the molecule is Cc1cccc(-n2c(O)c(C=Nc3c(C)n[nH]c3C)c(=O)[nH]c2=O)c1C. The third kappa shape index (κ3) is 2.85. The van der Waals surface area contributed by atoms with E-state index in [9.17, 15) is 14.7 Å². The van der Waals surface area contributed by atoms with E-state index in [-0.39, 0.29) is 5.56 Å². The van der Waals surface area contributed by atoms with E-state index in [0.717, 1.165) is 21.4 Å². The zero-order chi connectivity index (χ0) is 19.0. The second kappa shape index (κ2) is 6.47. The fraction of sp³-hybridized carbons (Fsp3) is 0.222. The summed E-state index contributed by atoms with van der Waals surface area (Å²) < 4.78 is 1.07. The van der Waals surface area contributed by atoms with Crippen molar-refractivity contribution < 1.29 is 5.11 Å². The molecule has 0 saturated carbocycles.